The zero-order chi connectivity index (χ0) is 20.1. The summed E-state index contributed by atoms with van der Waals surface area (Å²) in [5.74, 6) is -1.35. The van der Waals surface area contributed by atoms with Crippen molar-refractivity contribution in [1.82, 2.24) is 9.97 Å². The maximum absolute atomic E-state index is 13.6. The molecular formula is C24H14F2IrN2O-2. The Kier molecular flexibility index (Phi) is 7.17. The summed E-state index contributed by atoms with van der Waals surface area (Å²) < 4.78 is 31.6. The van der Waals surface area contributed by atoms with E-state index in [1.165, 1.54) is 12.5 Å². The van der Waals surface area contributed by atoms with Gasteiger partial charge in [-0.3, -0.25) is 8.78 Å². The summed E-state index contributed by atoms with van der Waals surface area (Å²) in [5, 5.41) is 0.675. The van der Waals surface area contributed by atoms with Gasteiger partial charge >= 0.3 is 0 Å². The number of pyridine rings is 2. The molecule has 3 aromatic heterocycles. The first-order valence-electron chi connectivity index (χ1n) is 8.80. The topological polar surface area (TPSA) is 38.9 Å². The average Bonchev–Trinajstić information content (AvgIpc) is 3.25. The van der Waals surface area contributed by atoms with Gasteiger partial charge in [0.1, 0.15) is 5.58 Å². The van der Waals surface area contributed by atoms with Crippen LogP contribution in [0.3, 0.4) is 0 Å². The molecule has 0 aliphatic rings. The second-order valence-electron chi connectivity index (χ2n) is 6.02. The van der Waals surface area contributed by atoms with Crippen LogP contribution in [0.15, 0.2) is 89.8 Å². The van der Waals surface area contributed by atoms with Gasteiger partial charge in [0.15, 0.2) is 0 Å². The number of hydrogen-bond acceptors (Lipinski definition) is 3. The fraction of sp³-hybridized carbons (Fsp3) is 0. The molecule has 0 aliphatic carbocycles. The van der Waals surface area contributed by atoms with Crippen molar-refractivity contribution in [2.45, 2.75) is 0 Å². The molecule has 0 fully saturated rings. The number of nitrogens with zero attached hydrogens (tertiary/aromatic N) is 2. The molecule has 0 amide bonds. The average molecular weight is 577 g/mol. The monoisotopic (exact) mass is 577 g/mol. The number of furan rings is 1. The van der Waals surface area contributed by atoms with Gasteiger partial charge in [-0.1, -0.05) is 23.8 Å². The van der Waals surface area contributed by atoms with Crippen LogP contribution in [0, 0.1) is 23.8 Å². The van der Waals surface area contributed by atoms with Crippen molar-refractivity contribution in [3.05, 3.63) is 109 Å². The summed E-state index contributed by atoms with van der Waals surface area (Å²) >= 11 is 0. The summed E-state index contributed by atoms with van der Waals surface area (Å²) in [4.78, 5) is 8.30. The number of aromatic nitrogens is 2. The Labute approximate surface area is 185 Å². The molecule has 0 saturated carbocycles. The van der Waals surface area contributed by atoms with Gasteiger partial charge in [-0.05, 0) is 23.9 Å². The maximum Gasteiger partial charge on any atom is 0.128 e. The van der Waals surface area contributed by atoms with Crippen LogP contribution < -0.4 is 0 Å². The van der Waals surface area contributed by atoms with E-state index in [-0.39, 0.29) is 25.7 Å². The van der Waals surface area contributed by atoms with Crippen molar-refractivity contribution >= 4 is 11.0 Å². The predicted molar refractivity (Wildman–Crippen MR) is 107 cm³/mol. The summed E-state index contributed by atoms with van der Waals surface area (Å²) in [6, 6.07) is 24.6. The molecule has 30 heavy (non-hydrogen) atoms. The molecule has 2 aromatic carbocycles. The molecule has 0 spiro atoms. The molecule has 1 radical (unpaired) electrons. The SMILES string of the molecule is Fc1c[c-]c(-c2nccc3occc23)c(F)c1.[Ir].[c-]1ccccc1-c1ccccn1. The van der Waals surface area contributed by atoms with Crippen LogP contribution in [0.2, 0.25) is 0 Å². The molecule has 3 nitrogen and oxygen atoms in total. The maximum atomic E-state index is 13.6. The second kappa shape index (κ2) is 10.0. The normalized spacial score (nSPS) is 10.1. The zero-order valence-electron chi connectivity index (χ0n) is 15.5. The number of fused-ring (bicyclic) bond motifs is 1. The van der Waals surface area contributed by atoms with Crippen molar-refractivity contribution in [3.8, 4) is 22.5 Å². The van der Waals surface area contributed by atoms with Crippen molar-refractivity contribution in [3.63, 3.8) is 0 Å². The van der Waals surface area contributed by atoms with Crippen LogP contribution in [0.1, 0.15) is 0 Å². The van der Waals surface area contributed by atoms with E-state index < -0.39 is 11.6 Å². The molecule has 3 heterocycles. The molecule has 0 aliphatic heterocycles. The second-order valence-corrected chi connectivity index (χ2v) is 6.02. The van der Waals surface area contributed by atoms with Crippen LogP contribution in [0.25, 0.3) is 33.5 Å². The zero-order valence-corrected chi connectivity index (χ0v) is 17.9. The first kappa shape index (κ1) is 21.5. The van der Waals surface area contributed by atoms with Crippen molar-refractivity contribution in [1.29, 1.82) is 0 Å². The Morgan fingerprint density at radius 1 is 0.867 bits per heavy atom. The number of halogens is 2. The minimum absolute atomic E-state index is 0. The fourth-order valence-electron chi connectivity index (χ4n) is 2.80. The predicted octanol–water partition coefficient (Wildman–Crippen LogP) is 6.12. The third kappa shape index (κ3) is 4.85. The van der Waals surface area contributed by atoms with Gasteiger partial charge in [0.25, 0.3) is 0 Å². The summed E-state index contributed by atoms with van der Waals surface area (Å²) in [7, 11) is 0. The van der Waals surface area contributed by atoms with Gasteiger partial charge in [-0.25, -0.2) is 0 Å². The van der Waals surface area contributed by atoms with E-state index in [9.17, 15) is 8.78 Å². The quantitative estimate of drug-likeness (QED) is 0.238. The van der Waals surface area contributed by atoms with Crippen LogP contribution >= 0.6 is 0 Å². The van der Waals surface area contributed by atoms with Crippen LogP contribution in [-0.2, 0) is 20.1 Å². The van der Waals surface area contributed by atoms with Crippen LogP contribution in [0.4, 0.5) is 8.78 Å². The van der Waals surface area contributed by atoms with E-state index in [2.05, 4.69) is 22.1 Å². The van der Waals surface area contributed by atoms with E-state index >= 15 is 0 Å². The summed E-state index contributed by atoms with van der Waals surface area (Å²) in [5.41, 5.74) is 3.15. The van der Waals surface area contributed by atoms with Crippen molar-refractivity contribution in [2.24, 2.45) is 0 Å². The van der Waals surface area contributed by atoms with E-state index in [1.807, 2.05) is 42.5 Å². The summed E-state index contributed by atoms with van der Waals surface area (Å²) in [6.45, 7) is 0. The molecule has 5 rings (SSSR count). The van der Waals surface area contributed by atoms with E-state index in [1.54, 1.807) is 18.3 Å². The Hall–Kier alpha value is -3.21. The van der Waals surface area contributed by atoms with Crippen molar-refractivity contribution in [2.75, 3.05) is 0 Å². The van der Waals surface area contributed by atoms with Crippen LogP contribution in [-0.4, -0.2) is 9.97 Å². The van der Waals surface area contributed by atoms with E-state index in [4.69, 9.17) is 4.42 Å². The first-order chi connectivity index (χ1) is 14.2. The van der Waals surface area contributed by atoms with Gasteiger partial charge in [-0.2, -0.15) is 0 Å². The van der Waals surface area contributed by atoms with Gasteiger partial charge in [0, 0.05) is 55.2 Å². The fourth-order valence-corrected chi connectivity index (χ4v) is 2.80. The third-order valence-electron chi connectivity index (χ3n) is 4.12. The summed E-state index contributed by atoms with van der Waals surface area (Å²) in [6.07, 6.45) is 4.80. The van der Waals surface area contributed by atoms with Gasteiger partial charge < -0.3 is 14.4 Å². The molecular weight excluding hydrogens is 562 g/mol. The van der Waals surface area contributed by atoms with Crippen molar-refractivity contribution < 1.29 is 33.3 Å². The Balaban J connectivity index is 0.000000175. The Morgan fingerprint density at radius 3 is 2.47 bits per heavy atom. The minimum Gasteiger partial charge on any atom is -0.465 e. The van der Waals surface area contributed by atoms with Crippen LogP contribution in [0.5, 0.6) is 0 Å². The van der Waals surface area contributed by atoms with E-state index in [0.29, 0.717) is 16.7 Å². The molecule has 6 heteroatoms. The van der Waals surface area contributed by atoms with Gasteiger partial charge in [0.2, 0.25) is 0 Å². The molecule has 0 saturated heterocycles. The number of rotatable bonds is 2. The Bertz CT molecular complexity index is 1190. The molecule has 5 aromatic rings. The minimum atomic E-state index is -0.689. The third-order valence-corrected chi connectivity index (χ3v) is 4.12. The Morgan fingerprint density at radius 2 is 1.73 bits per heavy atom. The van der Waals surface area contributed by atoms with E-state index in [0.717, 1.165) is 23.4 Å². The number of benzene rings is 2. The molecule has 151 valence electrons. The van der Waals surface area contributed by atoms with Gasteiger partial charge in [0.05, 0.1) is 6.26 Å². The largest absolute Gasteiger partial charge is 0.465 e. The molecule has 0 atom stereocenters. The molecule has 0 bridgehead atoms. The number of hydrogen-bond donors (Lipinski definition) is 0. The first-order valence-corrected chi connectivity index (χ1v) is 8.80. The molecule has 0 N–H and O–H groups in total. The standard InChI is InChI=1S/C13H6F2NO.C11H8N.Ir/c14-8-1-2-9(11(15)7-8)13-10-4-6-17-12(10)3-5-16-13;1-2-6-10(7-3-1)11-8-4-5-9-12-11;/h1,3-7H;1-6,8-9H;/q2*-1;. The smallest absolute Gasteiger partial charge is 0.128 e. The van der Waals surface area contributed by atoms with Gasteiger partial charge in [-0.15, -0.1) is 48.0 Å². The molecule has 0 unspecified atom stereocenters.